The quantitative estimate of drug-likeness (QED) is 0.714. The molecule has 0 amide bonds. The fourth-order valence-electron chi connectivity index (χ4n) is 2.07. The number of H-pyrrole nitrogens is 1. The first-order chi connectivity index (χ1) is 11.1. The molecule has 2 N–H and O–H groups in total. The van der Waals surface area contributed by atoms with Crippen LogP contribution in [0.4, 0.5) is 0 Å². The van der Waals surface area contributed by atoms with E-state index in [2.05, 4.69) is 19.9 Å². The van der Waals surface area contributed by atoms with Crippen LogP contribution in [-0.4, -0.2) is 32.2 Å². The lowest BCUT2D eigenvalue weighted by Crippen LogP contribution is -2.12. The number of phenolic OH excluding ortho intramolecular Hbond substituents is 1. The van der Waals surface area contributed by atoms with Gasteiger partial charge in [0, 0.05) is 11.8 Å². The van der Waals surface area contributed by atoms with Gasteiger partial charge in [-0.2, -0.15) is 4.98 Å². The highest BCUT2D eigenvalue weighted by Crippen LogP contribution is 2.31. The van der Waals surface area contributed by atoms with Crippen LogP contribution in [0, 0.1) is 0 Å². The third-order valence-electron chi connectivity index (χ3n) is 3.12. The van der Waals surface area contributed by atoms with Gasteiger partial charge in [-0.3, -0.25) is 0 Å². The molecule has 0 saturated heterocycles. The van der Waals surface area contributed by atoms with Crippen molar-refractivity contribution in [1.29, 1.82) is 0 Å². The largest absolute Gasteiger partial charge is 0.504 e. The van der Waals surface area contributed by atoms with Gasteiger partial charge in [-0.05, 0) is 41.9 Å². The minimum Gasteiger partial charge on any atom is -0.504 e. The molecule has 2 aromatic heterocycles. The van der Waals surface area contributed by atoms with Gasteiger partial charge in [0.15, 0.2) is 11.5 Å². The summed E-state index contributed by atoms with van der Waals surface area (Å²) >= 11 is 5.77. The van der Waals surface area contributed by atoms with E-state index in [1.807, 2.05) is 0 Å². The number of benzene rings is 1. The van der Waals surface area contributed by atoms with Gasteiger partial charge in [-0.15, -0.1) is 0 Å². The van der Waals surface area contributed by atoms with Crippen molar-refractivity contribution < 1.29 is 9.84 Å². The lowest BCUT2D eigenvalue weighted by molar-refractivity contribution is 0.373. The van der Waals surface area contributed by atoms with Crippen molar-refractivity contribution in [3.05, 3.63) is 52.3 Å². The van der Waals surface area contributed by atoms with Crippen molar-refractivity contribution in [1.82, 2.24) is 19.9 Å². The van der Waals surface area contributed by atoms with E-state index >= 15 is 0 Å². The Morgan fingerprint density at radius 1 is 1.17 bits per heavy atom. The summed E-state index contributed by atoms with van der Waals surface area (Å²) < 4.78 is 5.07. The van der Waals surface area contributed by atoms with E-state index in [-0.39, 0.29) is 16.8 Å². The first-order valence-corrected chi connectivity index (χ1v) is 6.92. The number of methoxy groups -OCH3 is 1. The molecule has 0 radical (unpaired) electrons. The highest BCUT2D eigenvalue weighted by molar-refractivity contribution is 6.28. The normalized spacial score (nSPS) is 10.5. The number of aromatic hydroxyl groups is 1. The van der Waals surface area contributed by atoms with E-state index in [0.29, 0.717) is 22.6 Å². The highest BCUT2D eigenvalue weighted by atomic mass is 35.5. The molecular weight excluding hydrogens is 320 g/mol. The molecule has 0 aliphatic heterocycles. The van der Waals surface area contributed by atoms with Crippen molar-refractivity contribution in [2.45, 2.75) is 0 Å². The molecule has 2 heterocycles. The van der Waals surface area contributed by atoms with Gasteiger partial charge in [0.1, 0.15) is 0 Å². The molecule has 1 aromatic carbocycles. The molecule has 0 fully saturated rings. The lowest BCUT2D eigenvalue weighted by Gasteiger charge is -2.07. The fourth-order valence-corrected chi connectivity index (χ4v) is 2.21. The third-order valence-corrected chi connectivity index (χ3v) is 3.30. The maximum absolute atomic E-state index is 11.8. The monoisotopic (exact) mass is 330 g/mol. The van der Waals surface area contributed by atoms with Crippen LogP contribution in [0.15, 0.2) is 41.3 Å². The zero-order chi connectivity index (χ0) is 16.4. The summed E-state index contributed by atoms with van der Waals surface area (Å²) in [6, 6.07) is 7.98. The van der Waals surface area contributed by atoms with E-state index in [0.717, 1.165) is 0 Å². The molecule has 8 heteroatoms. The SMILES string of the molecule is COc1cc(-c2cc(-c3ccnc(Cl)n3)[nH]c(=O)n2)ccc1O. The average Bonchev–Trinajstić information content (AvgIpc) is 2.54. The molecule has 23 heavy (non-hydrogen) atoms. The van der Waals surface area contributed by atoms with Crippen LogP contribution < -0.4 is 10.4 Å². The van der Waals surface area contributed by atoms with Crippen LogP contribution in [0.5, 0.6) is 11.5 Å². The van der Waals surface area contributed by atoms with Gasteiger partial charge in [0.05, 0.1) is 24.2 Å². The molecule has 7 nitrogen and oxygen atoms in total. The maximum atomic E-state index is 11.8. The van der Waals surface area contributed by atoms with Crippen molar-refractivity contribution >= 4 is 11.6 Å². The number of aromatic amines is 1. The maximum Gasteiger partial charge on any atom is 0.346 e. The zero-order valence-corrected chi connectivity index (χ0v) is 12.7. The molecule has 116 valence electrons. The zero-order valence-electron chi connectivity index (χ0n) is 11.9. The number of nitrogens with one attached hydrogen (secondary N) is 1. The smallest absolute Gasteiger partial charge is 0.346 e. The third kappa shape index (κ3) is 3.14. The minimum atomic E-state index is -0.528. The standard InChI is InChI=1S/C15H11ClN4O3/c1-23-13-6-8(2-3-12(13)21)10-7-11(20-15(22)19-10)9-4-5-17-14(16)18-9/h2-7,21H,1H3,(H,19,20,22). The van der Waals surface area contributed by atoms with Crippen molar-refractivity contribution in [3.63, 3.8) is 0 Å². The van der Waals surface area contributed by atoms with Gasteiger partial charge in [-0.1, -0.05) is 0 Å². The Labute approximate surface area is 135 Å². The molecular formula is C15H11ClN4O3. The molecule has 0 aliphatic rings. The topological polar surface area (TPSA) is 101 Å². The Balaban J connectivity index is 2.13. The number of rotatable bonds is 3. The molecule has 0 saturated carbocycles. The van der Waals surface area contributed by atoms with E-state index in [1.165, 1.54) is 19.4 Å². The number of nitrogens with zero attached hydrogens (tertiary/aromatic N) is 3. The predicted octanol–water partition coefficient (Wildman–Crippen LogP) is 2.26. The molecule has 0 bridgehead atoms. The summed E-state index contributed by atoms with van der Waals surface area (Å²) in [6.45, 7) is 0. The van der Waals surface area contributed by atoms with Gasteiger partial charge in [-0.25, -0.2) is 14.8 Å². The molecule has 0 aliphatic carbocycles. The highest BCUT2D eigenvalue weighted by Gasteiger charge is 2.10. The molecule has 0 atom stereocenters. The van der Waals surface area contributed by atoms with Crippen LogP contribution in [0.3, 0.4) is 0 Å². The molecule has 3 rings (SSSR count). The number of halogens is 1. The lowest BCUT2D eigenvalue weighted by atomic mass is 10.1. The van der Waals surface area contributed by atoms with E-state index in [4.69, 9.17) is 16.3 Å². The van der Waals surface area contributed by atoms with Crippen LogP contribution >= 0.6 is 11.6 Å². The van der Waals surface area contributed by atoms with Crippen LogP contribution in [0.25, 0.3) is 22.6 Å². The van der Waals surface area contributed by atoms with Crippen LogP contribution in [0.1, 0.15) is 0 Å². The van der Waals surface area contributed by atoms with Crippen molar-refractivity contribution in [2.24, 2.45) is 0 Å². The van der Waals surface area contributed by atoms with Gasteiger partial charge < -0.3 is 14.8 Å². The summed E-state index contributed by atoms with van der Waals surface area (Å²) in [6.07, 6.45) is 1.49. The Kier molecular flexibility index (Phi) is 3.94. The minimum absolute atomic E-state index is 0.00361. The molecule has 3 aromatic rings. The number of hydrogen-bond acceptors (Lipinski definition) is 6. The van der Waals surface area contributed by atoms with E-state index in [9.17, 15) is 9.90 Å². The summed E-state index contributed by atoms with van der Waals surface area (Å²) in [5, 5.41) is 9.73. The molecule has 0 unspecified atom stereocenters. The summed E-state index contributed by atoms with van der Waals surface area (Å²) in [4.78, 5) is 26.2. The second kappa shape index (κ2) is 6.05. The average molecular weight is 331 g/mol. The first-order valence-electron chi connectivity index (χ1n) is 6.54. The Morgan fingerprint density at radius 2 is 2.00 bits per heavy atom. The Hall–Kier alpha value is -2.93. The number of phenols is 1. The van der Waals surface area contributed by atoms with Gasteiger partial charge >= 0.3 is 5.69 Å². The number of aromatic nitrogens is 4. The second-order valence-corrected chi connectivity index (χ2v) is 4.92. The van der Waals surface area contributed by atoms with Crippen LogP contribution in [-0.2, 0) is 0 Å². The van der Waals surface area contributed by atoms with Gasteiger partial charge in [0.25, 0.3) is 0 Å². The van der Waals surface area contributed by atoms with Crippen LogP contribution in [0.2, 0.25) is 5.28 Å². The first kappa shape index (κ1) is 15.0. The predicted molar refractivity (Wildman–Crippen MR) is 84.5 cm³/mol. The van der Waals surface area contributed by atoms with E-state index < -0.39 is 5.69 Å². The van der Waals surface area contributed by atoms with Crippen molar-refractivity contribution in [2.75, 3.05) is 7.11 Å². The summed E-state index contributed by atoms with van der Waals surface area (Å²) in [5.41, 5.74) is 1.43. The number of ether oxygens (including phenoxy) is 1. The summed E-state index contributed by atoms with van der Waals surface area (Å²) in [5.74, 6) is 0.292. The second-order valence-electron chi connectivity index (χ2n) is 4.58. The fraction of sp³-hybridized carbons (Fsp3) is 0.0667. The Morgan fingerprint density at radius 3 is 2.74 bits per heavy atom. The summed E-state index contributed by atoms with van der Waals surface area (Å²) in [7, 11) is 1.44. The van der Waals surface area contributed by atoms with Gasteiger partial charge in [0.2, 0.25) is 5.28 Å². The van der Waals surface area contributed by atoms with Crippen molar-refractivity contribution in [3.8, 4) is 34.1 Å². The number of hydrogen-bond donors (Lipinski definition) is 2. The Bertz CT molecular complexity index is 927. The molecule has 0 spiro atoms. The van der Waals surface area contributed by atoms with E-state index in [1.54, 1.807) is 24.3 Å².